The zero-order valence-corrected chi connectivity index (χ0v) is 20.5. The summed E-state index contributed by atoms with van der Waals surface area (Å²) < 4.78 is 6.58. The smallest absolute Gasteiger partial charge is 0.241 e. The molecule has 0 bridgehead atoms. The highest BCUT2D eigenvalue weighted by Crippen LogP contribution is 2.11. The van der Waals surface area contributed by atoms with Crippen LogP contribution in [0.5, 0.6) is 0 Å². The Bertz CT molecular complexity index is 565. The molecule has 0 aromatic heterocycles. The van der Waals surface area contributed by atoms with Crippen molar-refractivity contribution in [3.8, 4) is 0 Å². The molecule has 1 aromatic rings. The Morgan fingerprint density at radius 3 is 2.44 bits per heavy atom. The van der Waals surface area contributed by atoms with Crippen molar-refractivity contribution in [3.05, 3.63) is 34.3 Å². The predicted octanol–water partition coefficient (Wildman–Crippen LogP) is 3.40. The van der Waals surface area contributed by atoms with Gasteiger partial charge in [0, 0.05) is 31.7 Å². The van der Waals surface area contributed by atoms with Crippen molar-refractivity contribution in [2.75, 3.05) is 33.8 Å². The van der Waals surface area contributed by atoms with Crippen LogP contribution in [0.3, 0.4) is 0 Å². The fourth-order valence-electron chi connectivity index (χ4n) is 2.00. The summed E-state index contributed by atoms with van der Waals surface area (Å²) in [6.07, 6.45) is 2.24. The molecule has 0 fully saturated rings. The van der Waals surface area contributed by atoms with Crippen LogP contribution in [0.2, 0.25) is 0 Å². The van der Waals surface area contributed by atoms with Crippen LogP contribution in [-0.4, -0.2) is 56.7 Å². The van der Waals surface area contributed by atoms with E-state index in [9.17, 15) is 4.79 Å². The Kier molecular flexibility index (Phi) is 14.6. The normalized spacial score (nSPS) is 11.1. The van der Waals surface area contributed by atoms with Gasteiger partial charge in [-0.15, -0.1) is 24.0 Å². The zero-order chi connectivity index (χ0) is 19.4. The number of hydrogen-bond donors (Lipinski definition) is 2. The lowest BCUT2D eigenvalue weighted by Gasteiger charge is -2.15. The first-order valence-electron chi connectivity index (χ1n) is 8.97. The monoisotopic (exact) mass is 554 g/mol. The summed E-state index contributed by atoms with van der Waals surface area (Å²) in [7, 11) is 3.48. The van der Waals surface area contributed by atoms with Crippen molar-refractivity contribution in [3.63, 3.8) is 0 Å². The molecule has 0 heterocycles. The summed E-state index contributed by atoms with van der Waals surface area (Å²) in [5, 5.41) is 6.39. The minimum absolute atomic E-state index is 0. The van der Waals surface area contributed by atoms with Gasteiger partial charge in [-0.1, -0.05) is 28.1 Å². The summed E-state index contributed by atoms with van der Waals surface area (Å²) >= 11 is 3.43. The van der Waals surface area contributed by atoms with Crippen LogP contribution in [0.1, 0.15) is 32.3 Å². The van der Waals surface area contributed by atoms with E-state index in [1.54, 1.807) is 19.0 Å². The maximum absolute atomic E-state index is 11.8. The quantitative estimate of drug-likeness (QED) is 0.201. The standard InChI is InChI=1S/C19H31BrN4O2.HI/c1-15(2)26-12-6-5-11-21-19(23-14-18(25)24(3)4)22-13-16-7-9-17(20)10-8-16;/h7-10,15H,5-6,11-14H2,1-4H3,(H2,21,22,23);1H. The number of ether oxygens (including phenoxy) is 1. The second-order valence-corrected chi connectivity index (χ2v) is 7.40. The second kappa shape index (κ2) is 15.1. The SMILES string of the molecule is CC(C)OCCCCNC(=NCc1ccc(Br)cc1)NCC(=O)N(C)C.I. The first-order valence-corrected chi connectivity index (χ1v) is 9.76. The predicted molar refractivity (Wildman–Crippen MR) is 126 cm³/mol. The number of carbonyl (C=O) groups is 1. The van der Waals surface area contributed by atoms with Crippen molar-refractivity contribution in [1.29, 1.82) is 0 Å². The molecular weight excluding hydrogens is 523 g/mol. The maximum Gasteiger partial charge on any atom is 0.241 e. The molecule has 27 heavy (non-hydrogen) atoms. The third kappa shape index (κ3) is 13.0. The van der Waals surface area contributed by atoms with Crippen molar-refractivity contribution in [1.82, 2.24) is 15.5 Å². The van der Waals surface area contributed by atoms with Crippen LogP contribution in [0, 0.1) is 0 Å². The van der Waals surface area contributed by atoms with E-state index in [2.05, 4.69) is 31.6 Å². The molecule has 2 N–H and O–H groups in total. The molecule has 6 nitrogen and oxygen atoms in total. The Labute approximate surface area is 188 Å². The van der Waals surface area contributed by atoms with Gasteiger partial charge < -0.3 is 20.3 Å². The zero-order valence-electron chi connectivity index (χ0n) is 16.6. The molecule has 1 aromatic carbocycles. The minimum atomic E-state index is 0. The van der Waals surface area contributed by atoms with Crippen LogP contribution in [-0.2, 0) is 16.1 Å². The van der Waals surface area contributed by atoms with E-state index in [4.69, 9.17) is 4.74 Å². The number of nitrogens with zero attached hydrogens (tertiary/aromatic N) is 2. The first kappa shape index (κ1) is 26.1. The molecule has 0 aliphatic carbocycles. The number of benzene rings is 1. The molecule has 0 atom stereocenters. The fraction of sp³-hybridized carbons (Fsp3) is 0.579. The Balaban J connectivity index is 0.00000676. The second-order valence-electron chi connectivity index (χ2n) is 6.49. The Morgan fingerprint density at radius 1 is 1.19 bits per heavy atom. The van der Waals surface area contributed by atoms with Crippen molar-refractivity contribution in [2.45, 2.75) is 39.3 Å². The summed E-state index contributed by atoms with van der Waals surface area (Å²) in [4.78, 5) is 17.9. The molecule has 0 aliphatic rings. The van der Waals surface area contributed by atoms with E-state index in [0.29, 0.717) is 12.5 Å². The molecule has 0 radical (unpaired) electrons. The number of carbonyl (C=O) groups excluding carboxylic acids is 1. The summed E-state index contributed by atoms with van der Waals surface area (Å²) in [6.45, 7) is 6.39. The number of amides is 1. The van der Waals surface area contributed by atoms with E-state index in [1.807, 2.05) is 38.1 Å². The van der Waals surface area contributed by atoms with E-state index in [0.717, 1.165) is 36.0 Å². The number of halogens is 2. The van der Waals surface area contributed by atoms with Gasteiger partial charge in [0.1, 0.15) is 0 Å². The van der Waals surface area contributed by atoms with Gasteiger partial charge in [0.15, 0.2) is 5.96 Å². The molecule has 0 saturated heterocycles. The van der Waals surface area contributed by atoms with Crippen LogP contribution >= 0.6 is 39.9 Å². The maximum atomic E-state index is 11.8. The fourth-order valence-corrected chi connectivity index (χ4v) is 2.27. The lowest BCUT2D eigenvalue weighted by molar-refractivity contribution is -0.127. The van der Waals surface area contributed by atoms with Gasteiger partial charge in [0.25, 0.3) is 0 Å². The van der Waals surface area contributed by atoms with Crippen LogP contribution in [0.15, 0.2) is 33.7 Å². The third-order valence-electron chi connectivity index (χ3n) is 3.55. The largest absolute Gasteiger partial charge is 0.379 e. The molecular formula is C19H32BrIN4O2. The van der Waals surface area contributed by atoms with E-state index >= 15 is 0 Å². The molecule has 154 valence electrons. The first-order chi connectivity index (χ1) is 12.4. The Hall–Kier alpha value is -0.870. The summed E-state index contributed by atoms with van der Waals surface area (Å²) in [5.41, 5.74) is 1.11. The highest BCUT2D eigenvalue weighted by atomic mass is 127. The van der Waals surface area contributed by atoms with Crippen LogP contribution in [0.4, 0.5) is 0 Å². The molecule has 0 saturated carbocycles. The number of likely N-dealkylation sites (N-methyl/N-ethyl adjacent to an activating group) is 1. The van der Waals surface area contributed by atoms with Gasteiger partial charge in [-0.05, 0) is 44.4 Å². The summed E-state index contributed by atoms with van der Waals surface area (Å²) in [5.74, 6) is 0.654. The van der Waals surface area contributed by atoms with Crippen molar-refractivity contribution in [2.24, 2.45) is 4.99 Å². The minimum Gasteiger partial charge on any atom is -0.379 e. The number of nitrogens with one attached hydrogen (secondary N) is 2. The number of rotatable bonds is 10. The van der Waals surface area contributed by atoms with E-state index in [1.165, 1.54) is 0 Å². The van der Waals surface area contributed by atoms with Gasteiger partial charge in [0.05, 0.1) is 19.2 Å². The van der Waals surface area contributed by atoms with Gasteiger partial charge in [-0.2, -0.15) is 0 Å². The van der Waals surface area contributed by atoms with E-state index < -0.39 is 0 Å². The number of aliphatic imine (C=N–C) groups is 1. The molecule has 8 heteroatoms. The van der Waals surface area contributed by atoms with Gasteiger partial charge >= 0.3 is 0 Å². The van der Waals surface area contributed by atoms with Crippen molar-refractivity contribution >= 4 is 51.8 Å². The molecule has 0 aliphatic heterocycles. The highest BCUT2D eigenvalue weighted by Gasteiger charge is 2.06. The lowest BCUT2D eigenvalue weighted by atomic mass is 10.2. The third-order valence-corrected chi connectivity index (χ3v) is 4.08. The Morgan fingerprint density at radius 2 is 1.85 bits per heavy atom. The highest BCUT2D eigenvalue weighted by molar-refractivity contribution is 14.0. The topological polar surface area (TPSA) is 66.0 Å². The molecule has 0 spiro atoms. The molecule has 1 rings (SSSR count). The number of guanidine groups is 1. The van der Waals surface area contributed by atoms with E-state index in [-0.39, 0.29) is 42.5 Å². The van der Waals surface area contributed by atoms with Crippen LogP contribution < -0.4 is 10.6 Å². The van der Waals surface area contributed by atoms with Gasteiger partial charge in [-0.25, -0.2) is 4.99 Å². The van der Waals surface area contributed by atoms with Gasteiger partial charge in [-0.3, -0.25) is 4.79 Å². The lowest BCUT2D eigenvalue weighted by Crippen LogP contribution is -2.43. The average Bonchev–Trinajstić information content (AvgIpc) is 2.60. The molecule has 1 amide bonds. The number of unbranched alkanes of at least 4 members (excludes halogenated alkanes) is 1. The average molecular weight is 555 g/mol. The summed E-state index contributed by atoms with van der Waals surface area (Å²) in [6, 6.07) is 8.05. The van der Waals surface area contributed by atoms with Gasteiger partial charge in [0.2, 0.25) is 5.91 Å². The molecule has 0 unspecified atom stereocenters. The number of hydrogen-bond acceptors (Lipinski definition) is 3. The van der Waals surface area contributed by atoms with Crippen LogP contribution in [0.25, 0.3) is 0 Å². The van der Waals surface area contributed by atoms with Crippen molar-refractivity contribution < 1.29 is 9.53 Å².